The molecule has 2 saturated heterocycles. The Balaban J connectivity index is 1.44. The first-order chi connectivity index (χ1) is 13.4. The van der Waals surface area contributed by atoms with E-state index in [9.17, 15) is 14.4 Å². The minimum atomic E-state index is -0.566. The first kappa shape index (κ1) is 19.1. The van der Waals surface area contributed by atoms with E-state index in [1.54, 1.807) is 4.90 Å². The molecule has 3 N–H and O–H groups in total. The molecular formula is C21H28N4O3. The van der Waals surface area contributed by atoms with Gasteiger partial charge >= 0.3 is 0 Å². The number of hydrogen-bond donors (Lipinski definition) is 3. The van der Waals surface area contributed by atoms with Gasteiger partial charge in [-0.2, -0.15) is 0 Å². The second-order valence-corrected chi connectivity index (χ2v) is 8.80. The van der Waals surface area contributed by atoms with Crippen molar-refractivity contribution in [3.63, 3.8) is 0 Å². The third kappa shape index (κ3) is 3.44. The van der Waals surface area contributed by atoms with Gasteiger partial charge in [-0.25, -0.2) is 0 Å². The molecule has 1 unspecified atom stereocenters. The van der Waals surface area contributed by atoms with E-state index >= 15 is 0 Å². The molecule has 0 saturated carbocycles. The summed E-state index contributed by atoms with van der Waals surface area (Å²) in [4.78, 5) is 38.3. The maximum Gasteiger partial charge on any atom is 0.255 e. The molecule has 0 radical (unpaired) electrons. The lowest BCUT2D eigenvalue weighted by molar-refractivity contribution is -0.136. The van der Waals surface area contributed by atoms with Crippen molar-refractivity contribution >= 4 is 17.7 Å². The number of carbonyl (C=O) groups excluding carboxylic acids is 3. The molecule has 150 valence electrons. The number of hydrogen-bond acceptors (Lipinski definition) is 5. The van der Waals surface area contributed by atoms with Crippen LogP contribution in [-0.2, 0) is 22.7 Å². The van der Waals surface area contributed by atoms with Crippen molar-refractivity contribution in [3.05, 3.63) is 34.9 Å². The predicted octanol–water partition coefficient (Wildman–Crippen LogP) is 0.783. The topological polar surface area (TPSA) is 90.5 Å². The van der Waals surface area contributed by atoms with Gasteiger partial charge in [-0.15, -0.1) is 0 Å². The Labute approximate surface area is 165 Å². The molecule has 3 amide bonds. The van der Waals surface area contributed by atoms with Crippen molar-refractivity contribution < 1.29 is 14.4 Å². The number of nitrogens with one attached hydrogen (secondary N) is 3. The number of imide groups is 1. The van der Waals surface area contributed by atoms with E-state index in [1.807, 2.05) is 18.2 Å². The van der Waals surface area contributed by atoms with Crippen LogP contribution in [0.3, 0.4) is 0 Å². The Morgan fingerprint density at radius 1 is 1.21 bits per heavy atom. The largest absolute Gasteiger partial charge is 0.322 e. The fraction of sp³-hybridized carbons (Fsp3) is 0.571. The monoisotopic (exact) mass is 384 g/mol. The standard InChI is InChI=1S/C21H28N4O3/c1-21(2,15-9-22-10-15)12-23-8-13-4-3-5-14-11-25(20(28)18(13)14)16-6-7-17(26)24-19(16)27/h3-5,15-16,22-23H,6-12H2,1-2H3,(H,24,26,27). The van der Waals surface area contributed by atoms with Crippen molar-refractivity contribution in [2.24, 2.45) is 11.3 Å². The number of benzene rings is 1. The zero-order valence-electron chi connectivity index (χ0n) is 16.5. The zero-order valence-corrected chi connectivity index (χ0v) is 16.5. The second kappa shape index (κ2) is 7.29. The van der Waals surface area contributed by atoms with Crippen LogP contribution in [0.5, 0.6) is 0 Å². The molecule has 1 aromatic carbocycles. The van der Waals surface area contributed by atoms with Gasteiger partial charge in [-0.3, -0.25) is 19.7 Å². The number of rotatable bonds is 6. The normalized spacial score (nSPS) is 22.9. The maximum absolute atomic E-state index is 13.1. The van der Waals surface area contributed by atoms with E-state index in [4.69, 9.17) is 0 Å². The molecule has 28 heavy (non-hydrogen) atoms. The van der Waals surface area contributed by atoms with Gasteiger partial charge in [0.05, 0.1) is 0 Å². The van der Waals surface area contributed by atoms with Gasteiger partial charge in [0.1, 0.15) is 6.04 Å². The molecule has 0 aliphatic carbocycles. The van der Waals surface area contributed by atoms with Gasteiger partial charge in [0, 0.05) is 31.6 Å². The quantitative estimate of drug-likeness (QED) is 0.631. The summed E-state index contributed by atoms with van der Waals surface area (Å²) in [5.74, 6) is -0.0667. The van der Waals surface area contributed by atoms with Gasteiger partial charge in [-0.05, 0) is 42.0 Å². The van der Waals surface area contributed by atoms with E-state index in [0.29, 0.717) is 31.0 Å². The first-order valence-electron chi connectivity index (χ1n) is 10.0. The van der Waals surface area contributed by atoms with Crippen molar-refractivity contribution in [2.45, 2.75) is 45.8 Å². The van der Waals surface area contributed by atoms with Crippen LogP contribution in [0.15, 0.2) is 18.2 Å². The number of fused-ring (bicyclic) bond motifs is 1. The molecule has 1 atom stereocenters. The fourth-order valence-corrected chi connectivity index (χ4v) is 4.34. The van der Waals surface area contributed by atoms with Crippen LogP contribution in [0.2, 0.25) is 0 Å². The highest BCUT2D eigenvalue weighted by atomic mass is 16.2. The molecule has 1 aromatic rings. The minimum Gasteiger partial charge on any atom is -0.322 e. The Morgan fingerprint density at radius 2 is 2.00 bits per heavy atom. The highest BCUT2D eigenvalue weighted by molar-refractivity contribution is 6.05. The third-order valence-corrected chi connectivity index (χ3v) is 6.42. The highest BCUT2D eigenvalue weighted by Gasteiger charge is 2.40. The van der Waals surface area contributed by atoms with Gasteiger partial charge < -0.3 is 15.5 Å². The molecule has 0 aromatic heterocycles. The molecule has 3 heterocycles. The lowest BCUT2D eigenvalue weighted by Crippen LogP contribution is -2.52. The Hall–Kier alpha value is -2.25. The van der Waals surface area contributed by atoms with Crippen molar-refractivity contribution in [3.8, 4) is 0 Å². The summed E-state index contributed by atoms with van der Waals surface area (Å²) in [6.07, 6.45) is 0.664. The molecule has 0 bridgehead atoms. The van der Waals surface area contributed by atoms with Crippen LogP contribution in [0.1, 0.15) is 48.2 Å². The Bertz CT molecular complexity index is 816. The summed E-state index contributed by atoms with van der Waals surface area (Å²) in [7, 11) is 0. The summed E-state index contributed by atoms with van der Waals surface area (Å²) in [5, 5.41) is 9.21. The smallest absolute Gasteiger partial charge is 0.255 e. The predicted molar refractivity (Wildman–Crippen MR) is 104 cm³/mol. The SMILES string of the molecule is CC(C)(CNCc1cccc2c1C(=O)N(C1CCC(=O)NC1=O)C2)C1CNC1. The van der Waals surface area contributed by atoms with Crippen LogP contribution < -0.4 is 16.0 Å². The number of piperidine rings is 1. The average molecular weight is 384 g/mol. The zero-order chi connectivity index (χ0) is 19.9. The summed E-state index contributed by atoms with van der Waals surface area (Å²) < 4.78 is 0. The van der Waals surface area contributed by atoms with Gasteiger partial charge in [-0.1, -0.05) is 32.0 Å². The lowest BCUT2D eigenvalue weighted by atomic mass is 9.75. The van der Waals surface area contributed by atoms with Crippen LogP contribution in [0.4, 0.5) is 0 Å². The van der Waals surface area contributed by atoms with Crippen molar-refractivity contribution in [2.75, 3.05) is 19.6 Å². The van der Waals surface area contributed by atoms with E-state index in [1.165, 1.54) is 0 Å². The second-order valence-electron chi connectivity index (χ2n) is 8.80. The number of carbonyl (C=O) groups is 3. The Morgan fingerprint density at radius 3 is 2.68 bits per heavy atom. The third-order valence-electron chi connectivity index (χ3n) is 6.42. The van der Waals surface area contributed by atoms with E-state index in [-0.39, 0.29) is 29.6 Å². The Kier molecular flexibility index (Phi) is 4.97. The van der Waals surface area contributed by atoms with Crippen LogP contribution in [0, 0.1) is 11.3 Å². The molecule has 7 heteroatoms. The van der Waals surface area contributed by atoms with E-state index in [0.717, 1.165) is 30.8 Å². The van der Waals surface area contributed by atoms with E-state index in [2.05, 4.69) is 29.8 Å². The first-order valence-corrected chi connectivity index (χ1v) is 10.0. The molecule has 3 aliphatic rings. The summed E-state index contributed by atoms with van der Waals surface area (Å²) in [5.41, 5.74) is 2.84. The highest BCUT2D eigenvalue weighted by Crippen LogP contribution is 2.31. The van der Waals surface area contributed by atoms with Gasteiger partial charge in [0.15, 0.2) is 0 Å². The van der Waals surface area contributed by atoms with E-state index < -0.39 is 6.04 Å². The maximum atomic E-state index is 13.1. The molecule has 3 aliphatic heterocycles. The number of nitrogens with zero attached hydrogens (tertiary/aromatic N) is 1. The summed E-state index contributed by atoms with van der Waals surface area (Å²) in [6.45, 7) is 8.61. The molecule has 0 spiro atoms. The average Bonchev–Trinajstić information content (AvgIpc) is 2.90. The van der Waals surface area contributed by atoms with Crippen molar-refractivity contribution in [1.29, 1.82) is 0 Å². The minimum absolute atomic E-state index is 0.107. The summed E-state index contributed by atoms with van der Waals surface area (Å²) in [6, 6.07) is 5.34. The van der Waals surface area contributed by atoms with Gasteiger partial charge in [0.25, 0.3) is 5.91 Å². The molecule has 4 rings (SSSR count). The van der Waals surface area contributed by atoms with Crippen molar-refractivity contribution in [1.82, 2.24) is 20.9 Å². The van der Waals surface area contributed by atoms with Crippen LogP contribution >= 0.6 is 0 Å². The number of amides is 3. The van der Waals surface area contributed by atoms with Gasteiger partial charge in [0.2, 0.25) is 11.8 Å². The fourth-order valence-electron chi connectivity index (χ4n) is 4.34. The van der Waals surface area contributed by atoms with Crippen LogP contribution in [-0.4, -0.2) is 48.3 Å². The lowest BCUT2D eigenvalue weighted by Gasteiger charge is -2.41. The molecule has 7 nitrogen and oxygen atoms in total. The van der Waals surface area contributed by atoms with Crippen LogP contribution in [0.25, 0.3) is 0 Å². The summed E-state index contributed by atoms with van der Waals surface area (Å²) >= 11 is 0. The molecule has 2 fully saturated rings. The molecular weight excluding hydrogens is 356 g/mol.